The largest absolute Gasteiger partial charge is 0.381 e. The van der Waals surface area contributed by atoms with E-state index in [2.05, 4.69) is 22.2 Å². The van der Waals surface area contributed by atoms with Crippen molar-refractivity contribution in [1.82, 2.24) is 10.6 Å². The molecule has 0 spiro atoms. The number of nitrogens with zero attached hydrogens (tertiary/aromatic N) is 1. The van der Waals surface area contributed by atoms with Crippen molar-refractivity contribution >= 4 is 41.5 Å². The molecule has 0 bridgehead atoms. The molecule has 0 aliphatic carbocycles. The van der Waals surface area contributed by atoms with Gasteiger partial charge >= 0.3 is 0 Å². The van der Waals surface area contributed by atoms with E-state index in [1.54, 1.807) is 0 Å². The number of ether oxygens (including phenoxy) is 1. The highest BCUT2D eigenvalue weighted by atomic mass is 127. The molecule has 18 heavy (non-hydrogen) atoms. The Morgan fingerprint density at radius 3 is 2.61 bits per heavy atom. The maximum absolute atomic E-state index is 5.70. The average Bonchev–Trinajstić information content (AvgIpc) is 2.34. The van der Waals surface area contributed by atoms with Crippen LogP contribution in [0.3, 0.4) is 0 Å². The lowest BCUT2D eigenvalue weighted by molar-refractivity contribution is 0.0675. The molecule has 0 saturated carbocycles. The fraction of sp³-hybridized carbons (Fsp3) is 0.750. The molecule has 4 nitrogen and oxygen atoms in total. The molecule has 0 radical (unpaired) electrons. The lowest BCUT2D eigenvalue weighted by Crippen LogP contribution is -2.40. The third kappa shape index (κ3) is 8.16. The molecular formula is C12H23ClIN3O. The first-order valence-corrected chi connectivity index (χ1v) is 6.53. The Kier molecular flexibility index (Phi) is 10.9. The summed E-state index contributed by atoms with van der Waals surface area (Å²) in [7, 11) is 0. The quantitative estimate of drug-likeness (QED) is 0.432. The number of halogens is 2. The Labute approximate surface area is 132 Å². The van der Waals surface area contributed by atoms with Crippen LogP contribution in [0.1, 0.15) is 19.8 Å². The van der Waals surface area contributed by atoms with Crippen molar-refractivity contribution in [3.05, 3.63) is 11.6 Å². The van der Waals surface area contributed by atoms with Gasteiger partial charge in [0.2, 0.25) is 0 Å². The van der Waals surface area contributed by atoms with E-state index in [0.717, 1.165) is 45.1 Å². The lowest BCUT2D eigenvalue weighted by atomic mass is 10.0. The summed E-state index contributed by atoms with van der Waals surface area (Å²) >= 11 is 5.70. The number of nitrogens with one attached hydrogen (secondary N) is 2. The van der Waals surface area contributed by atoms with Crippen molar-refractivity contribution in [1.29, 1.82) is 0 Å². The van der Waals surface area contributed by atoms with Crippen LogP contribution < -0.4 is 10.6 Å². The minimum Gasteiger partial charge on any atom is -0.381 e. The van der Waals surface area contributed by atoms with Gasteiger partial charge < -0.3 is 15.4 Å². The van der Waals surface area contributed by atoms with Gasteiger partial charge in [-0.3, -0.25) is 0 Å². The van der Waals surface area contributed by atoms with Crippen LogP contribution in [0.15, 0.2) is 16.6 Å². The van der Waals surface area contributed by atoms with Crippen LogP contribution in [0.4, 0.5) is 0 Å². The summed E-state index contributed by atoms with van der Waals surface area (Å²) in [6, 6.07) is 0. The first kappa shape index (κ1) is 18.0. The molecule has 0 aromatic carbocycles. The summed E-state index contributed by atoms with van der Waals surface area (Å²) in [5, 5.41) is 7.06. The predicted molar refractivity (Wildman–Crippen MR) is 87.9 cm³/mol. The van der Waals surface area contributed by atoms with Gasteiger partial charge in [0.15, 0.2) is 5.96 Å². The molecule has 1 rings (SSSR count). The second-order valence-corrected chi connectivity index (χ2v) is 4.68. The minimum absolute atomic E-state index is 0. The monoisotopic (exact) mass is 387 g/mol. The van der Waals surface area contributed by atoms with Gasteiger partial charge in [-0.1, -0.05) is 18.2 Å². The molecule has 2 N–H and O–H groups in total. The van der Waals surface area contributed by atoms with Crippen LogP contribution in [-0.2, 0) is 4.74 Å². The molecule has 1 heterocycles. The van der Waals surface area contributed by atoms with E-state index in [9.17, 15) is 0 Å². The Morgan fingerprint density at radius 1 is 1.39 bits per heavy atom. The normalized spacial score (nSPS) is 16.9. The van der Waals surface area contributed by atoms with Gasteiger partial charge in [0.05, 0.1) is 6.54 Å². The van der Waals surface area contributed by atoms with Gasteiger partial charge in [0.25, 0.3) is 0 Å². The topological polar surface area (TPSA) is 45.7 Å². The average molecular weight is 388 g/mol. The first-order valence-electron chi connectivity index (χ1n) is 6.15. The summed E-state index contributed by atoms with van der Waals surface area (Å²) in [6.45, 7) is 9.64. The van der Waals surface area contributed by atoms with Gasteiger partial charge in [0.1, 0.15) is 0 Å². The van der Waals surface area contributed by atoms with E-state index in [1.807, 2.05) is 6.92 Å². The molecule has 1 aliphatic heterocycles. The Hall–Kier alpha value is -0.0100. The van der Waals surface area contributed by atoms with Crippen molar-refractivity contribution in [3.8, 4) is 0 Å². The molecule has 1 saturated heterocycles. The highest BCUT2D eigenvalue weighted by Crippen LogP contribution is 2.12. The van der Waals surface area contributed by atoms with Crippen molar-refractivity contribution in [2.45, 2.75) is 19.8 Å². The van der Waals surface area contributed by atoms with Crippen LogP contribution in [0, 0.1) is 5.92 Å². The van der Waals surface area contributed by atoms with Crippen molar-refractivity contribution in [2.24, 2.45) is 10.9 Å². The van der Waals surface area contributed by atoms with Crippen molar-refractivity contribution in [2.75, 3.05) is 32.8 Å². The smallest absolute Gasteiger partial charge is 0.191 e. The fourth-order valence-electron chi connectivity index (χ4n) is 1.70. The third-order valence-corrected chi connectivity index (χ3v) is 2.77. The Morgan fingerprint density at radius 2 is 2.06 bits per heavy atom. The van der Waals surface area contributed by atoms with Crippen molar-refractivity contribution in [3.63, 3.8) is 0 Å². The second kappa shape index (κ2) is 10.9. The molecule has 6 heteroatoms. The number of aliphatic imine (C=N–C) groups is 1. The highest BCUT2D eigenvalue weighted by molar-refractivity contribution is 14.0. The number of guanidine groups is 1. The molecular weight excluding hydrogens is 365 g/mol. The van der Waals surface area contributed by atoms with E-state index < -0.39 is 0 Å². The van der Waals surface area contributed by atoms with Crippen LogP contribution >= 0.6 is 35.6 Å². The molecule has 0 amide bonds. The van der Waals surface area contributed by atoms with E-state index >= 15 is 0 Å². The Balaban J connectivity index is 0.00000289. The molecule has 0 aromatic rings. The SMILES string of the molecule is C=C(Cl)CN=C(NCC)NCC1CCOCC1.I. The van der Waals surface area contributed by atoms with Crippen LogP contribution in [0.25, 0.3) is 0 Å². The van der Waals surface area contributed by atoms with Gasteiger partial charge in [-0.2, -0.15) is 0 Å². The maximum Gasteiger partial charge on any atom is 0.191 e. The Bertz CT molecular complexity index is 268. The highest BCUT2D eigenvalue weighted by Gasteiger charge is 2.13. The number of hydrogen-bond donors (Lipinski definition) is 2. The summed E-state index contributed by atoms with van der Waals surface area (Å²) in [4.78, 5) is 4.33. The predicted octanol–water partition coefficient (Wildman–Crippen LogP) is 2.34. The zero-order valence-electron chi connectivity index (χ0n) is 10.9. The standard InChI is InChI=1S/C12H22ClN3O.HI/c1-3-14-12(15-8-10(2)13)16-9-11-4-6-17-7-5-11;/h11H,2-9H2,1H3,(H2,14,15,16);1H. The minimum atomic E-state index is 0. The molecule has 1 fully saturated rings. The van der Waals surface area contributed by atoms with Gasteiger partial charge in [-0.15, -0.1) is 24.0 Å². The summed E-state index contributed by atoms with van der Waals surface area (Å²) in [5.41, 5.74) is 0. The van der Waals surface area contributed by atoms with E-state index in [0.29, 0.717) is 17.5 Å². The van der Waals surface area contributed by atoms with Crippen LogP contribution in [0.5, 0.6) is 0 Å². The molecule has 0 aromatic heterocycles. The van der Waals surface area contributed by atoms with Crippen molar-refractivity contribution < 1.29 is 4.74 Å². The molecule has 0 atom stereocenters. The molecule has 106 valence electrons. The van der Waals surface area contributed by atoms with Crippen LogP contribution in [-0.4, -0.2) is 38.8 Å². The van der Waals surface area contributed by atoms with Crippen LogP contribution in [0.2, 0.25) is 0 Å². The second-order valence-electron chi connectivity index (χ2n) is 4.15. The summed E-state index contributed by atoms with van der Waals surface area (Å²) < 4.78 is 5.33. The molecule has 0 unspecified atom stereocenters. The molecule has 1 aliphatic rings. The number of hydrogen-bond acceptors (Lipinski definition) is 2. The van der Waals surface area contributed by atoms with Gasteiger partial charge in [-0.05, 0) is 25.7 Å². The lowest BCUT2D eigenvalue weighted by Gasteiger charge is -2.23. The maximum atomic E-state index is 5.70. The van der Waals surface area contributed by atoms with E-state index in [4.69, 9.17) is 16.3 Å². The van der Waals surface area contributed by atoms with Gasteiger partial charge in [-0.25, -0.2) is 4.99 Å². The van der Waals surface area contributed by atoms with E-state index in [-0.39, 0.29) is 24.0 Å². The van der Waals surface area contributed by atoms with Gasteiger partial charge in [0, 0.05) is 31.3 Å². The zero-order valence-corrected chi connectivity index (χ0v) is 14.0. The fourth-order valence-corrected chi connectivity index (χ4v) is 1.76. The number of rotatable bonds is 5. The summed E-state index contributed by atoms with van der Waals surface area (Å²) in [6.07, 6.45) is 2.24. The third-order valence-electron chi connectivity index (χ3n) is 2.65. The zero-order chi connectivity index (χ0) is 12.5. The van der Waals surface area contributed by atoms with E-state index in [1.165, 1.54) is 0 Å². The summed E-state index contributed by atoms with van der Waals surface area (Å²) in [5.74, 6) is 1.48. The first-order chi connectivity index (χ1) is 8.22.